The highest BCUT2D eigenvalue weighted by Crippen LogP contribution is 2.32. The molecule has 3 amide bonds. The van der Waals surface area contributed by atoms with Gasteiger partial charge in [0, 0.05) is 30.0 Å². The van der Waals surface area contributed by atoms with Crippen LogP contribution in [0.2, 0.25) is 0 Å². The molecule has 0 radical (unpaired) electrons. The van der Waals surface area contributed by atoms with Gasteiger partial charge in [0.15, 0.2) is 0 Å². The van der Waals surface area contributed by atoms with E-state index in [0.717, 1.165) is 10.6 Å². The fourth-order valence-electron chi connectivity index (χ4n) is 3.50. The molecule has 28 heavy (non-hydrogen) atoms. The molecule has 7 nitrogen and oxygen atoms in total. The van der Waals surface area contributed by atoms with Gasteiger partial charge in [-0.15, -0.1) is 0 Å². The van der Waals surface area contributed by atoms with Crippen LogP contribution in [0.4, 0.5) is 5.69 Å². The fourth-order valence-corrected chi connectivity index (χ4v) is 3.50. The highest BCUT2D eigenvalue weighted by molar-refractivity contribution is 6.25. The van der Waals surface area contributed by atoms with E-state index in [-0.39, 0.29) is 5.91 Å². The molecule has 1 fully saturated rings. The molecule has 0 spiro atoms. The van der Waals surface area contributed by atoms with Gasteiger partial charge in [-0.25, -0.2) is 0 Å². The maximum absolute atomic E-state index is 13.0. The minimum atomic E-state index is -0.808. The second-order valence-electron chi connectivity index (χ2n) is 6.69. The first-order chi connectivity index (χ1) is 13.5. The number of benzene rings is 1. The Morgan fingerprint density at radius 3 is 2.79 bits per heavy atom. The largest absolute Gasteiger partial charge is 0.384 e. The smallest absolute Gasteiger partial charge is 0.264 e. The Hall–Kier alpha value is -3.35. The maximum Gasteiger partial charge on any atom is 0.264 e. The van der Waals surface area contributed by atoms with E-state index in [4.69, 9.17) is 0 Å². The first kappa shape index (κ1) is 19.4. The molecule has 146 valence electrons. The summed E-state index contributed by atoms with van der Waals surface area (Å²) in [6.07, 6.45) is 5.18. The van der Waals surface area contributed by atoms with Crippen molar-refractivity contribution in [1.82, 2.24) is 15.5 Å². The third-order valence-corrected chi connectivity index (χ3v) is 4.93. The van der Waals surface area contributed by atoms with Gasteiger partial charge in [0.1, 0.15) is 6.04 Å². The number of hydrogen-bond donors (Lipinski definition) is 3. The van der Waals surface area contributed by atoms with Gasteiger partial charge >= 0.3 is 0 Å². The third-order valence-electron chi connectivity index (χ3n) is 4.93. The average molecular weight is 380 g/mol. The minimum absolute atomic E-state index is 0.322. The lowest BCUT2D eigenvalue weighted by atomic mass is 10.0. The van der Waals surface area contributed by atoms with Crippen LogP contribution in [0.25, 0.3) is 0 Å². The Morgan fingerprint density at radius 1 is 1.32 bits per heavy atom. The summed E-state index contributed by atoms with van der Waals surface area (Å²) in [4.78, 5) is 39.3. The molecule has 0 bridgehead atoms. The molecular formula is C21H24N4O3. The molecule has 1 aromatic carbocycles. The molecule has 0 aromatic heterocycles. The molecule has 3 N–H and O–H groups in total. The zero-order valence-corrected chi connectivity index (χ0v) is 15.9. The average Bonchev–Trinajstić information content (AvgIpc) is 2.93. The van der Waals surface area contributed by atoms with Crippen molar-refractivity contribution in [2.45, 2.75) is 32.2 Å². The number of carbonyl (C=O) groups excluding carboxylic acids is 3. The summed E-state index contributed by atoms with van der Waals surface area (Å²) >= 11 is 0. The van der Waals surface area contributed by atoms with Crippen LogP contribution in [0.3, 0.4) is 0 Å². The van der Waals surface area contributed by atoms with Gasteiger partial charge in [0.2, 0.25) is 5.91 Å². The second-order valence-corrected chi connectivity index (χ2v) is 6.69. The number of allylic oxidation sites excluding steroid dienone is 2. The number of hydrogen-bond acceptors (Lipinski definition) is 5. The van der Waals surface area contributed by atoms with E-state index >= 15 is 0 Å². The zero-order valence-electron chi connectivity index (χ0n) is 15.9. The number of nitrogens with zero attached hydrogens (tertiary/aromatic N) is 1. The molecule has 3 rings (SSSR count). The van der Waals surface area contributed by atoms with E-state index in [9.17, 15) is 14.4 Å². The summed E-state index contributed by atoms with van der Waals surface area (Å²) in [5, 5.41) is 8.92. The highest BCUT2D eigenvalue weighted by atomic mass is 16.2. The minimum Gasteiger partial charge on any atom is -0.384 e. The predicted octanol–water partition coefficient (Wildman–Crippen LogP) is 2.51. The number of piperidine rings is 1. The van der Waals surface area contributed by atoms with Gasteiger partial charge < -0.3 is 16.0 Å². The quantitative estimate of drug-likeness (QED) is 0.633. The number of imide groups is 1. The number of fused-ring (bicyclic) bond motifs is 1. The Bertz CT molecular complexity index is 888. The highest BCUT2D eigenvalue weighted by Gasteiger charge is 2.44. The van der Waals surface area contributed by atoms with Crippen molar-refractivity contribution in [3.63, 3.8) is 0 Å². The van der Waals surface area contributed by atoms with E-state index in [1.807, 2.05) is 13.0 Å². The number of rotatable bonds is 7. The van der Waals surface area contributed by atoms with Crippen molar-refractivity contribution >= 4 is 23.4 Å². The van der Waals surface area contributed by atoms with Crippen LogP contribution in [0.5, 0.6) is 0 Å². The Kier molecular flexibility index (Phi) is 5.63. The summed E-state index contributed by atoms with van der Waals surface area (Å²) in [5.41, 5.74) is 2.84. The first-order valence-electron chi connectivity index (χ1n) is 9.24. The molecule has 1 saturated heterocycles. The van der Waals surface area contributed by atoms with Crippen LogP contribution in [-0.2, 0) is 4.79 Å². The number of anilines is 1. The van der Waals surface area contributed by atoms with Crippen LogP contribution >= 0.6 is 0 Å². The molecule has 2 aliphatic heterocycles. The Labute approximate surface area is 164 Å². The molecule has 0 aliphatic carbocycles. The van der Waals surface area contributed by atoms with E-state index < -0.39 is 17.9 Å². The number of carbonyl (C=O) groups is 3. The van der Waals surface area contributed by atoms with Crippen molar-refractivity contribution in [2.75, 3.05) is 11.9 Å². The summed E-state index contributed by atoms with van der Waals surface area (Å²) in [6, 6.07) is 4.32. The van der Waals surface area contributed by atoms with Crippen LogP contribution in [0.1, 0.15) is 46.9 Å². The predicted molar refractivity (Wildman–Crippen MR) is 107 cm³/mol. The van der Waals surface area contributed by atoms with Gasteiger partial charge in [0.05, 0.1) is 11.1 Å². The van der Waals surface area contributed by atoms with Crippen LogP contribution in [-0.4, -0.2) is 35.2 Å². The summed E-state index contributed by atoms with van der Waals surface area (Å²) in [7, 11) is 0. The molecule has 1 atom stereocenters. The lowest BCUT2D eigenvalue weighted by molar-refractivity contribution is -0.125. The summed E-state index contributed by atoms with van der Waals surface area (Å²) < 4.78 is 0. The molecule has 2 aliphatic rings. The lowest BCUT2D eigenvalue weighted by Crippen LogP contribution is -2.51. The SMILES string of the molecule is C=CN/C(=C\C)CCNc1cccc2c1C(=O)N(C1CCC(=C)NC1=O)C2=O. The van der Waals surface area contributed by atoms with E-state index in [0.29, 0.717) is 48.3 Å². The zero-order chi connectivity index (χ0) is 20.3. The molecular weight excluding hydrogens is 356 g/mol. The fraction of sp³-hybridized carbons (Fsp3) is 0.286. The van der Waals surface area contributed by atoms with Crippen LogP contribution in [0.15, 0.2) is 55.0 Å². The second kappa shape index (κ2) is 8.12. The van der Waals surface area contributed by atoms with Crippen molar-refractivity contribution in [3.8, 4) is 0 Å². The van der Waals surface area contributed by atoms with Crippen molar-refractivity contribution in [3.05, 3.63) is 66.2 Å². The van der Waals surface area contributed by atoms with E-state index in [1.54, 1.807) is 24.4 Å². The monoisotopic (exact) mass is 380 g/mol. The Balaban J connectivity index is 1.79. The molecule has 2 heterocycles. The van der Waals surface area contributed by atoms with E-state index in [2.05, 4.69) is 29.1 Å². The van der Waals surface area contributed by atoms with Crippen LogP contribution in [0, 0.1) is 0 Å². The molecule has 1 unspecified atom stereocenters. The maximum atomic E-state index is 13.0. The van der Waals surface area contributed by atoms with Gasteiger partial charge in [-0.2, -0.15) is 0 Å². The Morgan fingerprint density at radius 2 is 2.11 bits per heavy atom. The first-order valence-corrected chi connectivity index (χ1v) is 9.24. The van der Waals surface area contributed by atoms with Gasteiger partial charge in [-0.3, -0.25) is 19.3 Å². The summed E-state index contributed by atoms with van der Waals surface area (Å²) in [6.45, 7) is 9.88. The number of nitrogens with one attached hydrogen (secondary N) is 3. The third kappa shape index (κ3) is 3.55. The van der Waals surface area contributed by atoms with Crippen molar-refractivity contribution < 1.29 is 14.4 Å². The summed E-state index contributed by atoms with van der Waals surface area (Å²) in [5.74, 6) is -1.24. The van der Waals surface area contributed by atoms with Gasteiger partial charge in [-0.1, -0.05) is 25.3 Å². The van der Waals surface area contributed by atoms with Crippen LogP contribution < -0.4 is 16.0 Å². The van der Waals surface area contributed by atoms with Crippen molar-refractivity contribution in [1.29, 1.82) is 0 Å². The van der Waals surface area contributed by atoms with Gasteiger partial charge in [-0.05, 0) is 38.1 Å². The molecule has 1 aromatic rings. The number of amides is 3. The topological polar surface area (TPSA) is 90.5 Å². The lowest BCUT2D eigenvalue weighted by Gasteiger charge is -2.29. The van der Waals surface area contributed by atoms with Gasteiger partial charge in [0.25, 0.3) is 11.8 Å². The van der Waals surface area contributed by atoms with Crippen molar-refractivity contribution in [2.24, 2.45) is 0 Å². The molecule has 0 saturated carbocycles. The molecule has 7 heteroatoms. The van der Waals surface area contributed by atoms with E-state index in [1.165, 1.54) is 0 Å². The normalized spacial score (nSPS) is 19.4. The standard InChI is InChI=1S/C21H24N4O3/c1-4-14(22-5-2)11-12-23-16-8-6-7-15-18(16)21(28)25(20(15)27)17-10-9-13(3)24-19(17)26/h4-8,17,22-23H,2-3,9-12H2,1H3,(H,24,26)/b14-4-.